The molecule has 1 aliphatic rings. The molecule has 88 valence electrons. The summed E-state index contributed by atoms with van der Waals surface area (Å²) in [6.07, 6.45) is -4.26. The van der Waals surface area contributed by atoms with Gasteiger partial charge in [-0.1, -0.05) is 26.0 Å². The van der Waals surface area contributed by atoms with Gasteiger partial charge in [-0.15, -0.1) is 0 Å². The maximum Gasteiger partial charge on any atom is 0.416 e. The van der Waals surface area contributed by atoms with Gasteiger partial charge in [0, 0.05) is 18.5 Å². The first-order valence-corrected chi connectivity index (χ1v) is 5.23. The number of alkyl halides is 3. The fraction of sp³-hybridized carbons (Fsp3) is 0.500. The van der Waals surface area contributed by atoms with Gasteiger partial charge in [-0.25, -0.2) is 0 Å². The topological polar surface area (TPSA) is 12.0 Å². The summed E-state index contributed by atoms with van der Waals surface area (Å²) in [5.74, 6) is 0. The largest absolute Gasteiger partial charge is 0.416 e. The Morgan fingerprint density at radius 2 is 1.94 bits per heavy atom. The molecule has 16 heavy (non-hydrogen) atoms. The molecule has 0 fully saturated rings. The van der Waals surface area contributed by atoms with Crippen molar-refractivity contribution in [3.05, 3.63) is 34.9 Å². The Balaban J connectivity index is 2.65. The lowest BCUT2D eigenvalue weighted by Crippen LogP contribution is -2.40. The smallest absolute Gasteiger partial charge is 0.312 e. The van der Waals surface area contributed by atoms with Crippen molar-refractivity contribution in [3.63, 3.8) is 0 Å². The van der Waals surface area contributed by atoms with Gasteiger partial charge in [0.2, 0.25) is 0 Å². The van der Waals surface area contributed by atoms with E-state index in [0.29, 0.717) is 18.7 Å². The van der Waals surface area contributed by atoms with Gasteiger partial charge in [0.1, 0.15) is 0 Å². The van der Waals surface area contributed by atoms with Crippen LogP contribution in [0.2, 0.25) is 0 Å². The van der Waals surface area contributed by atoms with E-state index in [1.807, 2.05) is 13.8 Å². The lowest BCUT2D eigenvalue weighted by molar-refractivity contribution is -0.138. The number of benzene rings is 1. The molecule has 0 aromatic heterocycles. The van der Waals surface area contributed by atoms with Crippen LogP contribution in [0.3, 0.4) is 0 Å². The van der Waals surface area contributed by atoms with E-state index < -0.39 is 17.2 Å². The van der Waals surface area contributed by atoms with Gasteiger partial charge in [-0.3, -0.25) is 0 Å². The zero-order chi connectivity index (χ0) is 12.0. The van der Waals surface area contributed by atoms with Gasteiger partial charge >= 0.3 is 6.18 Å². The van der Waals surface area contributed by atoms with Crippen LogP contribution >= 0.6 is 0 Å². The van der Waals surface area contributed by atoms with Crippen LogP contribution in [0.4, 0.5) is 13.2 Å². The van der Waals surface area contributed by atoms with E-state index in [0.717, 1.165) is 5.56 Å². The predicted molar refractivity (Wildman–Crippen MR) is 56.2 cm³/mol. The predicted octanol–water partition coefficient (Wildman–Crippen LogP) is 3.09. The summed E-state index contributed by atoms with van der Waals surface area (Å²) in [5.41, 5.74) is 0.239. The first-order chi connectivity index (χ1) is 7.32. The summed E-state index contributed by atoms with van der Waals surface area (Å²) >= 11 is 0. The molecule has 0 atom stereocenters. The number of halogens is 3. The summed E-state index contributed by atoms with van der Waals surface area (Å²) in [6.45, 7) is 4.77. The molecule has 0 aliphatic carbocycles. The Hall–Kier alpha value is -1.03. The minimum absolute atomic E-state index is 0.446. The molecule has 0 unspecified atom stereocenters. The molecule has 1 aromatic rings. The summed E-state index contributed by atoms with van der Waals surface area (Å²) in [6, 6.07) is 4.41. The third-order valence-electron chi connectivity index (χ3n) is 3.02. The van der Waals surface area contributed by atoms with E-state index in [-0.39, 0.29) is 0 Å². The van der Waals surface area contributed by atoms with Crippen molar-refractivity contribution in [1.29, 1.82) is 0 Å². The van der Waals surface area contributed by atoms with E-state index in [1.165, 1.54) is 12.1 Å². The number of hydrogen-bond donors (Lipinski definition) is 1. The van der Waals surface area contributed by atoms with Crippen LogP contribution in [0.1, 0.15) is 30.5 Å². The van der Waals surface area contributed by atoms with Crippen LogP contribution in [0.5, 0.6) is 0 Å². The summed E-state index contributed by atoms with van der Waals surface area (Å²) in [4.78, 5) is 0. The van der Waals surface area contributed by atoms with Crippen molar-refractivity contribution < 1.29 is 13.2 Å². The Kier molecular flexibility index (Phi) is 2.49. The van der Waals surface area contributed by atoms with Crippen LogP contribution in [0, 0.1) is 0 Å². The Morgan fingerprint density at radius 3 is 2.56 bits per heavy atom. The molecule has 2 rings (SSSR count). The quantitative estimate of drug-likeness (QED) is 0.720. The molecule has 0 radical (unpaired) electrons. The molecule has 1 N–H and O–H groups in total. The van der Waals surface area contributed by atoms with E-state index in [9.17, 15) is 13.2 Å². The van der Waals surface area contributed by atoms with E-state index in [1.54, 1.807) is 6.07 Å². The van der Waals surface area contributed by atoms with Gasteiger partial charge in [-0.05, 0) is 17.2 Å². The number of nitrogens with one attached hydrogen (secondary N) is 1. The lowest BCUT2D eigenvalue weighted by atomic mass is 9.76. The van der Waals surface area contributed by atoms with Gasteiger partial charge in [0.15, 0.2) is 0 Å². The standard InChI is InChI=1S/C12H14F3N/c1-11(2)7-16-6-8-4-3-5-9(10(8)11)12(13,14)15/h3-5,16H,6-7H2,1-2H3. The summed E-state index contributed by atoms with van der Waals surface area (Å²) < 4.78 is 38.7. The number of fused-ring (bicyclic) bond motifs is 1. The molecule has 0 saturated heterocycles. The normalized spacial score (nSPS) is 19.3. The third-order valence-corrected chi connectivity index (χ3v) is 3.02. The minimum atomic E-state index is -4.26. The highest BCUT2D eigenvalue weighted by molar-refractivity contribution is 5.43. The average molecular weight is 229 g/mol. The maximum absolute atomic E-state index is 12.9. The van der Waals surface area contributed by atoms with Crippen LogP contribution in [-0.2, 0) is 18.1 Å². The average Bonchev–Trinajstić information content (AvgIpc) is 2.15. The van der Waals surface area contributed by atoms with Crippen molar-refractivity contribution in [1.82, 2.24) is 5.32 Å². The molecule has 0 amide bonds. The Morgan fingerprint density at radius 1 is 1.25 bits per heavy atom. The number of hydrogen-bond acceptors (Lipinski definition) is 1. The van der Waals surface area contributed by atoms with E-state index in [2.05, 4.69) is 5.32 Å². The van der Waals surface area contributed by atoms with E-state index >= 15 is 0 Å². The SMILES string of the molecule is CC1(C)CNCc2cccc(C(F)(F)F)c21. The van der Waals surface area contributed by atoms with Crippen molar-refractivity contribution in [2.75, 3.05) is 6.54 Å². The molecular weight excluding hydrogens is 215 g/mol. The molecule has 0 saturated carbocycles. The molecule has 1 aromatic carbocycles. The van der Waals surface area contributed by atoms with Gasteiger partial charge in [-0.2, -0.15) is 13.2 Å². The molecule has 1 nitrogen and oxygen atoms in total. The second-order valence-electron chi connectivity index (χ2n) is 4.82. The van der Waals surface area contributed by atoms with Crippen molar-refractivity contribution >= 4 is 0 Å². The summed E-state index contributed by atoms with van der Waals surface area (Å²) in [7, 11) is 0. The summed E-state index contributed by atoms with van der Waals surface area (Å²) in [5, 5.41) is 3.14. The monoisotopic (exact) mass is 229 g/mol. The fourth-order valence-corrected chi connectivity index (χ4v) is 2.38. The van der Waals surface area contributed by atoms with Crippen molar-refractivity contribution in [2.24, 2.45) is 0 Å². The van der Waals surface area contributed by atoms with Crippen molar-refractivity contribution in [2.45, 2.75) is 32.0 Å². The van der Waals surface area contributed by atoms with Crippen LogP contribution in [0.15, 0.2) is 18.2 Å². The molecule has 4 heteroatoms. The highest BCUT2D eigenvalue weighted by Crippen LogP contribution is 2.40. The van der Waals surface area contributed by atoms with Crippen LogP contribution in [-0.4, -0.2) is 6.54 Å². The second-order valence-corrected chi connectivity index (χ2v) is 4.82. The van der Waals surface area contributed by atoms with Crippen LogP contribution in [0.25, 0.3) is 0 Å². The minimum Gasteiger partial charge on any atom is -0.312 e. The zero-order valence-corrected chi connectivity index (χ0v) is 9.28. The van der Waals surface area contributed by atoms with Gasteiger partial charge in [0.25, 0.3) is 0 Å². The molecule has 0 spiro atoms. The highest BCUT2D eigenvalue weighted by atomic mass is 19.4. The Labute approximate surface area is 92.7 Å². The van der Waals surface area contributed by atoms with E-state index in [4.69, 9.17) is 0 Å². The van der Waals surface area contributed by atoms with Gasteiger partial charge < -0.3 is 5.32 Å². The fourth-order valence-electron chi connectivity index (χ4n) is 2.38. The molecule has 1 aliphatic heterocycles. The molecule has 1 heterocycles. The lowest BCUT2D eigenvalue weighted by Gasteiger charge is -2.35. The third kappa shape index (κ3) is 1.82. The van der Waals surface area contributed by atoms with Crippen LogP contribution < -0.4 is 5.32 Å². The molecule has 0 bridgehead atoms. The molecular formula is C12H14F3N. The maximum atomic E-state index is 12.9. The number of rotatable bonds is 0. The first-order valence-electron chi connectivity index (χ1n) is 5.23. The second kappa shape index (κ2) is 3.48. The first kappa shape index (κ1) is 11.5. The van der Waals surface area contributed by atoms with Gasteiger partial charge in [0.05, 0.1) is 5.56 Å². The highest BCUT2D eigenvalue weighted by Gasteiger charge is 2.40. The Bertz CT molecular complexity index is 407. The van der Waals surface area contributed by atoms with Crippen molar-refractivity contribution in [3.8, 4) is 0 Å². The zero-order valence-electron chi connectivity index (χ0n) is 9.28.